The summed E-state index contributed by atoms with van der Waals surface area (Å²) in [4.78, 5) is 64.5. The first-order valence-electron chi connectivity index (χ1n) is 7.22. The second-order valence-electron chi connectivity index (χ2n) is 4.78. The number of carbonyl (C=O) groups excluding carboxylic acids is 1. The van der Waals surface area contributed by atoms with Crippen LogP contribution in [-0.4, -0.2) is 44.0 Å². The van der Waals surface area contributed by atoms with Crippen molar-refractivity contribution in [3.63, 3.8) is 0 Å². The average molecular weight is 368 g/mol. The maximum Gasteiger partial charge on any atom is 0.310 e. The van der Waals surface area contributed by atoms with Crippen LogP contribution in [0.4, 0.5) is 0 Å². The van der Waals surface area contributed by atoms with Gasteiger partial charge in [-0.2, -0.15) is 0 Å². The molecular formula is C14H16N4O8. The molecule has 2 aromatic rings. The van der Waals surface area contributed by atoms with Crippen molar-refractivity contribution in [2.24, 2.45) is 0 Å². The van der Waals surface area contributed by atoms with Crippen LogP contribution < -0.4 is 22.2 Å². The highest BCUT2D eigenvalue weighted by molar-refractivity contribution is 5.72. The smallest absolute Gasteiger partial charge is 0.310 e. The zero-order valence-electron chi connectivity index (χ0n) is 13.6. The van der Waals surface area contributed by atoms with Gasteiger partial charge in [-0.3, -0.25) is 49.2 Å². The van der Waals surface area contributed by atoms with Crippen molar-refractivity contribution in [1.29, 1.82) is 0 Å². The number of esters is 1. The van der Waals surface area contributed by atoms with Crippen LogP contribution in [0.1, 0.15) is 18.1 Å². The van der Waals surface area contributed by atoms with E-state index < -0.39 is 40.6 Å². The Balaban J connectivity index is 0.000000263. The van der Waals surface area contributed by atoms with Crippen LogP contribution in [0.2, 0.25) is 0 Å². The third-order valence-corrected chi connectivity index (χ3v) is 2.77. The Morgan fingerprint density at radius 2 is 1.35 bits per heavy atom. The molecule has 0 aliphatic heterocycles. The summed E-state index contributed by atoms with van der Waals surface area (Å²) in [6, 6.07) is 2.04. The summed E-state index contributed by atoms with van der Waals surface area (Å²) in [6.45, 7) is 1.92. The molecule has 12 nitrogen and oxygen atoms in total. The number of hydrogen-bond acceptors (Lipinski definition) is 7. The quantitative estimate of drug-likeness (QED) is 0.368. The topological polar surface area (TPSA) is 195 Å². The van der Waals surface area contributed by atoms with E-state index in [1.807, 2.05) is 10.2 Å². The van der Waals surface area contributed by atoms with Crippen molar-refractivity contribution in [2.75, 3.05) is 6.61 Å². The van der Waals surface area contributed by atoms with Gasteiger partial charge in [0.05, 0.1) is 19.4 Å². The first kappa shape index (κ1) is 20.3. The number of H-pyrrole nitrogens is 4. The van der Waals surface area contributed by atoms with E-state index in [4.69, 9.17) is 5.11 Å². The van der Waals surface area contributed by atoms with Crippen LogP contribution in [0.3, 0.4) is 0 Å². The first-order chi connectivity index (χ1) is 12.2. The number of ether oxygens (including phenoxy) is 1. The second-order valence-corrected chi connectivity index (χ2v) is 4.78. The lowest BCUT2D eigenvalue weighted by atomic mass is 10.2. The average Bonchev–Trinajstić information content (AvgIpc) is 2.55. The zero-order chi connectivity index (χ0) is 19.7. The fraction of sp³-hybridized carbons (Fsp3) is 0.286. The predicted octanol–water partition coefficient (Wildman–Crippen LogP) is -2.14. The van der Waals surface area contributed by atoms with Gasteiger partial charge >= 0.3 is 11.9 Å². The summed E-state index contributed by atoms with van der Waals surface area (Å²) in [7, 11) is 0. The summed E-state index contributed by atoms with van der Waals surface area (Å²) >= 11 is 0. The van der Waals surface area contributed by atoms with Gasteiger partial charge in [-0.15, -0.1) is 0 Å². The molecule has 0 aliphatic carbocycles. The largest absolute Gasteiger partial charge is 0.481 e. The van der Waals surface area contributed by atoms with Gasteiger partial charge in [0.1, 0.15) is 0 Å². The van der Waals surface area contributed by atoms with Crippen molar-refractivity contribution in [3.8, 4) is 0 Å². The summed E-state index contributed by atoms with van der Waals surface area (Å²) in [5.74, 6) is -1.67. The lowest BCUT2D eigenvalue weighted by molar-refractivity contribution is -0.142. The molecule has 0 saturated heterocycles. The Morgan fingerprint density at radius 3 is 1.77 bits per heavy atom. The maximum atomic E-state index is 11.1. The van der Waals surface area contributed by atoms with E-state index in [0.29, 0.717) is 0 Å². The molecular weight excluding hydrogens is 352 g/mol. The van der Waals surface area contributed by atoms with Crippen LogP contribution in [0.25, 0.3) is 0 Å². The Bertz CT molecular complexity index is 997. The van der Waals surface area contributed by atoms with Crippen LogP contribution >= 0.6 is 0 Å². The number of aromatic amines is 4. The minimum Gasteiger partial charge on any atom is -0.481 e. The summed E-state index contributed by atoms with van der Waals surface area (Å²) in [6.07, 6.45) is -0.633. The van der Waals surface area contributed by atoms with Gasteiger partial charge in [0.15, 0.2) is 0 Å². The van der Waals surface area contributed by atoms with Gasteiger partial charge in [-0.05, 0) is 6.92 Å². The third kappa shape index (κ3) is 6.82. The molecule has 0 aliphatic rings. The number of rotatable bonds is 5. The Hall–Kier alpha value is -3.70. The molecule has 0 aromatic carbocycles. The molecule has 26 heavy (non-hydrogen) atoms. The van der Waals surface area contributed by atoms with Gasteiger partial charge in [0.2, 0.25) is 0 Å². The monoisotopic (exact) mass is 368 g/mol. The number of carbonyl (C=O) groups is 2. The fourth-order valence-corrected chi connectivity index (χ4v) is 1.71. The zero-order valence-corrected chi connectivity index (χ0v) is 13.6. The van der Waals surface area contributed by atoms with Crippen LogP contribution in [0.5, 0.6) is 0 Å². The SMILES string of the molecule is CCOC(=O)Cc1cc(=O)[nH][nH]c1=O.O=C(O)Cc1cc(=O)[nH][nH]c1=O. The van der Waals surface area contributed by atoms with E-state index >= 15 is 0 Å². The summed E-state index contributed by atoms with van der Waals surface area (Å²) < 4.78 is 4.64. The van der Waals surface area contributed by atoms with Crippen LogP contribution in [0, 0.1) is 0 Å². The first-order valence-corrected chi connectivity index (χ1v) is 7.22. The van der Waals surface area contributed by atoms with Crippen molar-refractivity contribution >= 4 is 11.9 Å². The van der Waals surface area contributed by atoms with Crippen LogP contribution in [-0.2, 0) is 27.2 Å². The lowest BCUT2D eigenvalue weighted by Crippen LogP contribution is -2.24. The molecule has 0 atom stereocenters. The summed E-state index contributed by atoms with van der Waals surface area (Å²) in [5.41, 5.74) is -2.00. The van der Waals surface area contributed by atoms with Crippen LogP contribution in [0.15, 0.2) is 31.3 Å². The molecule has 12 heteroatoms. The Labute approximate surface area is 143 Å². The number of carboxylic acid groups (broad SMARTS) is 1. The van der Waals surface area contributed by atoms with Gasteiger partial charge in [-0.25, -0.2) is 0 Å². The van der Waals surface area contributed by atoms with Gasteiger partial charge < -0.3 is 9.84 Å². The highest BCUT2D eigenvalue weighted by Crippen LogP contribution is 1.90. The fourth-order valence-electron chi connectivity index (χ4n) is 1.71. The van der Waals surface area contributed by atoms with E-state index in [2.05, 4.69) is 14.9 Å². The third-order valence-electron chi connectivity index (χ3n) is 2.77. The minimum atomic E-state index is -1.15. The number of aromatic nitrogens is 4. The molecule has 5 N–H and O–H groups in total. The highest BCUT2D eigenvalue weighted by Gasteiger charge is 2.08. The molecule has 0 radical (unpaired) electrons. The highest BCUT2D eigenvalue weighted by atomic mass is 16.5. The molecule has 2 rings (SSSR count). The molecule has 2 heterocycles. The number of aliphatic carboxylic acids is 1. The van der Waals surface area contributed by atoms with Gasteiger partial charge in [0.25, 0.3) is 22.2 Å². The standard InChI is InChI=1S/C8H10N2O4.C6H6N2O4/c1-2-14-7(12)4-5-3-6(11)9-10-8(5)13;9-4-1-3(2-5(10)11)6(12)8-7-4/h3H,2,4H2,1H3,(H,9,11)(H,10,13);1H,2H2,(H,7,9)(H,8,12)(H,10,11). The number of nitrogens with one attached hydrogen (secondary N) is 4. The number of hydrogen-bond donors (Lipinski definition) is 5. The van der Waals surface area contributed by atoms with E-state index in [1.165, 1.54) is 0 Å². The molecule has 140 valence electrons. The molecule has 0 unspecified atom stereocenters. The number of carboxylic acids is 1. The van der Waals surface area contributed by atoms with E-state index in [0.717, 1.165) is 12.1 Å². The second kappa shape index (κ2) is 9.56. The van der Waals surface area contributed by atoms with Crippen molar-refractivity contribution in [2.45, 2.75) is 19.8 Å². The molecule has 0 amide bonds. The Morgan fingerprint density at radius 1 is 0.885 bits per heavy atom. The van der Waals surface area contributed by atoms with E-state index in [-0.39, 0.29) is 24.2 Å². The summed E-state index contributed by atoms with van der Waals surface area (Å²) in [5, 5.41) is 16.6. The van der Waals surface area contributed by atoms with Crippen molar-refractivity contribution < 1.29 is 19.4 Å². The maximum absolute atomic E-state index is 11.1. The van der Waals surface area contributed by atoms with E-state index in [9.17, 15) is 28.8 Å². The van der Waals surface area contributed by atoms with Crippen molar-refractivity contribution in [3.05, 3.63) is 64.7 Å². The van der Waals surface area contributed by atoms with Gasteiger partial charge in [0, 0.05) is 23.3 Å². The lowest BCUT2D eigenvalue weighted by Gasteiger charge is -1.99. The van der Waals surface area contributed by atoms with E-state index in [1.54, 1.807) is 6.92 Å². The minimum absolute atomic E-state index is 0.0498. The molecule has 0 spiro atoms. The predicted molar refractivity (Wildman–Crippen MR) is 87.0 cm³/mol. The molecule has 0 saturated carbocycles. The van der Waals surface area contributed by atoms with Crippen molar-refractivity contribution in [1.82, 2.24) is 20.4 Å². The molecule has 0 bridgehead atoms. The van der Waals surface area contributed by atoms with Gasteiger partial charge in [-0.1, -0.05) is 0 Å². The Kier molecular flexibility index (Phi) is 7.48. The molecule has 2 aromatic heterocycles. The molecule has 0 fully saturated rings. The normalized spacial score (nSPS) is 9.73.